The molecule has 4 heterocycles. The Kier molecular flexibility index (Phi) is 7.85. The molecule has 1 saturated heterocycles. The molecule has 1 aliphatic rings. The second-order valence-corrected chi connectivity index (χ2v) is 9.66. The Morgan fingerprint density at radius 1 is 1.19 bits per heavy atom. The molecule has 0 radical (unpaired) electrons. The highest BCUT2D eigenvalue weighted by molar-refractivity contribution is 7.13. The number of rotatable bonds is 11. The highest BCUT2D eigenvalue weighted by Gasteiger charge is 2.24. The number of thiophene rings is 2. The maximum Gasteiger partial charge on any atom is 0.257 e. The van der Waals surface area contributed by atoms with Crippen LogP contribution in [0, 0.1) is 0 Å². The Hall–Kier alpha value is -2.07. The molecule has 3 aromatic rings. The van der Waals surface area contributed by atoms with Crippen molar-refractivity contribution in [3.8, 4) is 10.8 Å². The second-order valence-electron chi connectivity index (χ2n) is 7.68. The molecule has 0 saturated carbocycles. The predicted molar refractivity (Wildman–Crippen MR) is 122 cm³/mol. The van der Waals surface area contributed by atoms with E-state index in [0.29, 0.717) is 31.4 Å². The van der Waals surface area contributed by atoms with Gasteiger partial charge in [0.25, 0.3) is 5.89 Å². The number of ether oxygens (including phenoxy) is 1. The molecule has 1 unspecified atom stereocenters. The van der Waals surface area contributed by atoms with Gasteiger partial charge in [-0.25, -0.2) is 0 Å². The van der Waals surface area contributed by atoms with Gasteiger partial charge in [-0.05, 0) is 42.2 Å². The maximum absolute atomic E-state index is 13.2. The van der Waals surface area contributed by atoms with Crippen LogP contribution in [0.1, 0.15) is 37.0 Å². The molecule has 1 atom stereocenters. The summed E-state index contributed by atoms with van der Waals surface area (Å²) in [5, 5.41) is 12.4. The van der Waals surface area contributed by atoms with Crippen molar-refractivity contribution in [2.75, 3.05) is 26.2 Å². The van der Waals surface area contributed by atoms with E-state index in [-0.39, 0.29) is 12.0 Å². The number of carbonyl (C=O) groups is 1. The van der Waals surface area contributed by atoms with Gasteiger partial charge in [-0.2, -0.15) is 0 Å². The zero-order valence-corrected chi connectivity index (χ0v) is 19.4. The molecule has 3 aromatic heterocycles. The number of hydrogen-bond donors (Lipinski definition) is 0. The van der Waals surface area contributed by atoms with Gasteiger partial charge in [0.1, 0.15) is 0 Å². The van der Waals surface area contributed by atoms with Crippen LogP contribution in [0.3, 0.4) is 0 Å². The first-order valence-electron chi connectivity index (χ1n) is 10.7. The Balaban J connectivity index is 1.41. The van der Waals surface area contributed by atoms with Crippen LogP contribution in [0.2, 0.25) is 0 Å². The third-order valence-electron chi connectivity index (χ3n) is 5.18. The fourth-order valence-corrected chi connectivity index (χ4v) is 5.11. The zero-order valence-electron chi connectivity index (χ0n) is 17.7. The molecule has 31 heavy (non-hydrogen) atoms. The van der Waals surface area contributed by atoms with Crippen LogP contribution in [0.5, 0.6) is 0 Å². The Labute approximate surface area is 190 Å². The van der Waals surface area contributed by atoms with E-state index in [1.165, 1.54) is 4.88 Å². The van der Waals surface area contributed by atoms with E-state index < -0.39 is 0 Å². The fraction of sp³-hybridized carbons (Fsp3) is 0.500. The lowest BCUT2D eigenvalue weighted by molar-refractivity contribution is -0.133. The molecule has 0 aliphatic carbocycles. The molecule has 0 bridgehead atoms. The molecule has 7 nitrogen and oxygen atoms in total. The second kappa shape index (κ2) is 11.0. The molecule has 9 heteroatoms. The van der Waals surface area contributed by atoms with E-state index in [1.807, 2.05) is 22.4 Å². The monoisotopic (exact) mass is 460 g/mol. The van der Waals surface area contributed by atoms with E-state index >= 15 is 0 Å². The van der Waals surface area contributed by atoms with Gasteiger partial charge in [0.2, 0.25) is 11.8 Å². The van der Waals surface area contributed by atoms with Crippen LogP contribution >= 0.6 is 22.7 Å². The van der Waals surface area contributed by atoms with Gasteiger partial charge in [0.05, 0.1) is 24.1 Å². The highest BCUT2D eigenvalue weighted by Crippen LogP contribution is 2.23. The Morgan fingerprint density at radius 2 is 2.06 bits per heavy atom. The summed E-state index contributed by atoms with van der Waals surface area (Å²) in [6.45, 7) is 5.75. The smallest absolute Gasteiger partial charge is 0.257 e. The fourth-order valence-electron chi connectivity index (χ4n) is 3.72. The molecule has 0 spiro atoms. The Bertz CT molecular complexity index is 921. The summed E-state index contributed by atoms with van der Waals surface area (Å²) in [6.07, 6.45) is 3.23. The lowest BCUT2D eigenvalue weighted by Gasteiger charge is -2.28. The summed E-state index contributed by atoms with van der Waals surface area (Å²) in [5.74, 6) is 1.05. The predicted octanol–water partition coefficient (Wildman–Crippen LogP) is 4.28. The number of hydrogen-bond acceptors (Lipinski definition) is 8. The van der Waals surface area contributed by atoms with Crippen molar-refractivity contribution in [2.45, 2.75) is 45.4 Å². The van der Waals surface area contributed by atoms with Crippen LogP contribution in [-0.2, 0) is 22.6 Å². The van der Waals surface area contributed by atoms with Gasteiger partial charge in [-0.1, -0.05) is 19.1 Å². The number of aromatic nitrogens is 2. The molecule has 166 valence electrons. The van der Waals surface area contributed by atoms with Crippen LogP contribution in [-0.4, -0.2) is 58.2 Å². The minimum absolute atomic E-state index is 0.0762. The van der Waals surface area contributed by atoms with Crippen LogP contribution < -0.4 is 0 Å². The van der Waals surface area contributed by atoms with Crippen molar-refractivity contribution >= 4 is 28.6 Å². The summed E-state index contributed by atoms with van der Waals surface area (Å²) in [7, 11) is 0. The van der Waals surface area contributed by atoms with Gasteiger partial charge >= 0.3 is 0 Å². The van der Waals surface area contributed by atoms with Crippen molar-refractivity contribution in [3.05, 3.63) is 45.8 Å². The summed E-state index contributed by atoms with van der Waals surface area (Å²) >= 11 is 3.27. The zero-order chi connectivity index (χ0) is 21.5. The van der Waals surface area contributed by atoms with Crippen molar-refractivity contribution < 1.29 is 13.9 Å². The average molecular weight is 461 g/mol. The van der Waals surface area contributed by atoms with Crippen LogP contribution in [0.15, 0.2) is 39.4 Å². The molecular formula is C22H28N4O3S2. The van der Waals surface area contributed by atoms with Crippen molar-refractivity contribution in [3.63, 3.8) is 0 Å². The number of nitrogens with zero attached hydrogens (tertiary/aromatic N) is 4. The first-order valence-corrected chi connectivity index (χ1v) is 12.5. The van der Waals surface area contributed by atoms with E-state index in [1.54, 1.807) is 22.7 Å². The van der Waals surface area contributed by atoms with Gasteiger partial charge < -0.3 is 14.1 Å². The normalized spacial score (nSPS) is 16.3. The molecule has 4 rings (SSSR count). The molecule has 0 N–H and O–H groups in total. The summed E-state index contributed by atoms with van der Waals surface area (Å²) in [6, 6.07) is 8.07. The quantitative estimate of drug-likeness (QED) is 0.425. The minimum atomic E-state index is 0.0762. The summed E-state index contributed by atoms with van der Waals surface area (Å²) < 4.78 is 11.6. The SMILES string of the molecule is CCCN(Cc1nnc(-c2cccs2)o1)C(=O)CN(Cc1cccs1)CC1CCCO1. The van der Waals surface area contributed by atoms with E-state index in [2.05, 4.69) is 39.5 Å². The van der Waals surface area contributed by atoms with Gasteiger partial charge in [0, 0.05) is 31.1 Å². The van der Waals surface area contributed by atoms with Crippen molar-refractivity contribution in [2.24, 2.45) is 0 Å². The molecular weight excluding hydrogens is 432 g/mol. The molecule has 1 aliphatic heterocycles. The molecule has 1 amide bonds. The average Bonchev–Trinajstić information content (AvgIpc) is 3.55. The molecule has 1 fully saturated rings. The lowest BCUT2D eigenvalue weighted by atomic mass is 10.2. The summed E-state index contributed by atoms with van der Waals surface area (Å²) in [5.41, 5.74) is 0. The van der Waals surface area contributed by atoms with E-state index in [0.717, 1.165) is 43.8 Å². The van der Waals surface area contributed by atoms with Gasteiger partial charge in [0.15, 0.2) is 0 Å². The minimum Gasteiger partial charge on any atom is -0.418 e. The van der Waals surface area contributed by atoms with Crippen molar-refractivity contribution in [1.82, 2.24) is 20.0 Å². The molecule has 0 aromatic carbocycles. The Morgan fingerprint density at radius 3 is 2.77 bits per heavy atom. The third kappa shape index (κ3) is 6.22. The first kappa shape index (κ1) is 22.1. The van der Waals surface area contributed by atoms with Crippen LogP contribution in [0.25, 0.3) is 10.8 Å². The number of carbonyl (C=O) groups excluding carboxylic acids is 1. The topological polar surface area (TPSA) is 71.7 Å². The van der Waals surface area contributed by atoms with E-state index in [4.69, 9.17) is 9.15 Å². The van der Waals surface area contributed by atoms with Crippen LogP contribution in [0.4, 0.5) is 0 Å². The lowest BCUT2D eigenvalue weighted by Crippen LogP contribution is -2.42. The van der Waals surface area contributed by atoms with Gasteiger partial charge in [-0.3, -0.25) is 9.69 Å². The van der Waals surface area contributed by atoms with Gasteiger partial charge in [-0.15, -0.1) is 32.9 Å². The third-order valence-corrected chi connectivity index (χ3v) is 6.89. The maximum atomic E-state index is 13.2. The standard InChI is InChI=1S/C22H28N4O3S2/c1-2-9-26(15-20-23-24-22(29-20)19-8-5-12-31-19)21(27)16-25(13-17-6-3-10-28-17)14-18-7-4-11-30-18/h4-5,7-8,11-12,17H,2-3,6,9-10,13-16H2,1H3. The highest BCUT2D eigenvalue weighted by atomic mass is 32.1. The largest absolute Gasteiger partial charge is 0.418 e. The number of amides is 1. The van der Waals surface area contributed by atoms with E-state index in [9.17, 15) is 4.79 Å². The summed E-state index contributed by atoms with van der Waals surface area (Å²) in [4.78, 5) is 19.5. The van der Waals surface area contributed by atoms with Crippen molar-refractivity contribution in [1.29, 1.82) is 0 Å². The first-order chi connectivity index (χ1) is 15.2.